The molecule has 0 heterocycles. The van der Waals surface area contributed by atoms with Gasteiger partial charge in [-0.15, -0.1) is 12.8 Å². The first-order valence-electron chi connectivity index (χ1n) is 17.1. The first-order valence-corrected chi connectivity index (χ1v) is 19.1. The van der Waals surface area contributed by atoms with Gasteiger partial charge in [-0.2, -0.15) is 13.2 Å². The van der Waals surface area contributed by atoms with Gasteiger partial charge in [0, 0.05) is 38.2 Å². The smallest absolute Gasteiger partial charge is 0.416 e. The molecule has 0 aromatic heterocycles. The second-order valence-corrected chi connectivity index (χ2v) is 14.1. The molecule has 0 unspecified atom stereocenters. The number of carboxylic acid groups (broad SMARTS) is 1. The monoisotopic (exact) mass is 794 g/mol. The molecule has 3 N–H and O–H groups in total. The Morgan fingerprint density at radius 3 is 1.85 bits per heavy atom. The molecule has 4 aromatic carbocycles. The van der Waals surface area contributed by atoms with E-state index < -0.39 is 11.7 Å². The lowest BCUT2D eigenvalue weighted by Crippen LogP contribution is -2.37. The molecule has 0 saturated carbocycles. The van der Waals surface area contributed by atoms with Gasteiger partial charge in [0.25, 0.3) is 12.4 Å². The normalized spacial score (nSPS) is 10.7. The number of thioether (sulfide) groups is 1. The fourth-order valence-electron chi connectivity index (χ4n) is 4.58. The van der Waals surface area contributed by atoms with Gasteiger partial charge in [-0.1, -0.05) is 114 Å². The number of terminal acetylenes is 1. The number of aliphatic imine (C=N–C) groups is 1. The van der Waals surface area contributed by atoms with E-state index in [9.17, 15) is 22.8 Å². The lowest BCUT2D eigenvalue weighted by atomic mass is 10.0. The Balaban J connectivity index is 0.00000109. The Labute approximate surface area is 331 Å². The molecule has 55 heavy (non-hydrogen) atoms. The number of hydrogen-bond acceptors (Lipinski definition) is 7. The highest BCUT2D eigenvalue weighted by Gasteiger charge is 2.30. The highest BCUT2D eigenvalue weighted by Crippen LogP contribution is 2.31. The largest absolute Gasteiger partial charge is 0.483 e. The Kier molecular flexibility index (Phi) is 23.3. The number of rotatable bonds is 12. The zero-order valence-corrected chi connectivity index (χ0v) is 33.3. The van der Waals surface area contributed by atoms with Crippen LogP contribution in [0.1, 0.15) is 53.4 Å². The zero-order valence-electron chi connectivity index (χ0n) is 31.7. The molecular weight excluding hydrogens is 746 g/mol. The summed E-state index contributed by atoms with van der Waals surface area (Å²) in [5.41, 5.74) is 4.80. The average Bonchev–Trinajstić information content (AvgIpc) is 3.15. The maximum Gasteiger partial charge on any atom is 0.416 e. The van der Waals surface area contributed by atoms with Gasteiger partial charge in [0.15, 0.2) is 5.17 Å². The highest BCUT2D eigenvalue weighted by molar-refractivity contribution is 8.23. The van der Waals surface area contributed by atoms with Crippen molar-refractivity contribution in [1.29, 1.82) is 0 Å². The van der Waals surface area contributed by atoms with Gasteiger partial charge in [-0.3, -0.25) is 24.1 Å². The Morgan fingerprint density at radius 2 is 1.38 bits per heavy atom. The minimum atomic E-state index is -4.39. The fraction of sp³-hybridized carbons (Fsp3) is 0.286. The van der Waals surface area contributed by atoms with E-state index in [1.807, 2.05) is 39.0 Å². The predicted molar refractivity (Wildman–Crippen MR) is 222 cm³/mol. The van der Waals surface area contributed by atoms with Crippen LogP contribution in [0, 0.1) is 26.7 Å². The van der Waals surface area contributed by atoms with Gasteiger partial charge in [-0.25, -0.2) is 0 Å². The molecule has 8 nitrogen and oxygen atoms in total. The van der Waals surface area contributed by atoms with Gasteiger partial charge in [0.1, 0.15) is 0 Å². The molecule has 2 amide bonds. The van der Waals surface area contributed by atoms with Crippen LogP contribution >= 0.6 is 23.7 Å². The number of carbonyl (C=O) groups is 3. The van der Waals surface area contributed by atoms with Crippen LogP contribution in [-0.2, 0) is 22.2 Å². The lowest BCUT2D eigenvalue weighted by molar-refractivity contribution is -0.137. The molecule has 13 heteroatoms. The van der Waals surface area contributed by atoms with Crippen LogP contribution < -0.4 is 10.0 Å². The van der Waals surface area contributed by atoms with Crippen LogP contribution in [0.5, 0.6) is 0 Å². The van der Waals surface area contributed by atoms with Gasteiger partial charge < -0.3 is 15.3 Å². The highest BCUT2D eigenvalue weighted by atomic mass is 32.2. The van der Waals surface area contributed by atoms with Crippen molar-refractivity contribution in [3.63, 3.8) is 0 Å². The molecule has 0 saturated heterocycles. The van der Waals surface area contributed by atoms with Crippen molar-refractivity contribution in [2.75, 3.05) is 24.7 Å². The van der Waals surface area contributed by atoms with Crippen molar-refractivity contribution in [2.24, 2.45) is 4.99 Å². The van der Waals surface area contributed by atoms with Crippen LogP contribution in [0.25, 0.3) is 11.1 Å². The Morgan fingerprint density at radius 1 is 0.855 bits per heavy atom. The van der Waals surface area contributed by atoms with Crippen LogP contribution in [0.15, 0.2) is 108 Å². The number of amidine groups is 1. The summed E-state index contributed by atoms with van der Waals surface area (Å²) >= 11 is 2.91. The number of halogens is 3. The van der Waals surface area contributed by atoms with Crippen molar-refractivity contribution in [1.82, 2.24) is 14.9 Å². The number of alkyl halides is 3. The summed E-state index contributed by atoms with van der Waals surface area (Å²) in [6.07, 6.45) is 4.31. The first kappa shape index (κ1) is 48.0. The molecule has 294 valence electrons. The third kappa shape index (κ3) is 20.3. The zero-order chi connectivity index (χ0) is 41.2. The SMILES string of the molecule is C#C.CC(=O)NC(=NC(C)C)SCSNCCN(CCc1ccc(C)cc1)C(=O)c1ccc(-c2ccc(C(F)(F)F)cc2)cc1.Cc1ccccc1.O=CO. The molecule has 4 rings (SSSR count). The molecule has 0 aliphatic heterocycles. The van der Waals surface area contributed by atoms with E-state index in [1.54, 1.807) is 29.2 Å². The second-order valence-electron chi connectivity index (χ2n) is 12.0. The van der Waals surface area contributed by atoms with E-state index in [2.05, 4.69) is 71.2 Å². The molecule has 0 aliphatic carbocycles. The maximum absolute atomic E-state index is 13.5. The standard InChI is InChI=1S/C32H37F3N4O2S2.C7H8.C2H2.CH2O2/c1-22(2)37-31(38-24(4)40)42-21-43-36-18-20-39(19-17-25-7-5-23(3)6-8-25)30(41)28-11-9-26(10-12-28)27-13-15-29(16-14-27)32(33,34)35;1-7-5-3-2-4-6-7;1-2;2-1-3/h5-16,22,36H,17-21H2,1-4H3,(H,37,38,40);2-6H,1H3;1-2H;1H,(H,2,3). The summed E-state index contributed by atoms with van der Waals surface area (Å²) in [4.78, 5) is 39.6. The van der Waals surface area contributed by atoms with E-state index in [-0.39, 0.29) is 24.3 Å². The van der Waals surface area contributed by atoms with E-state index in [0.29, 0.717) is 47.4 Å². The van der Waals surface area contributed by atoms with Gasteiger partial charge in [-0.05, 0) is 75.1 Å². The van der Waals surface area contributed by atoms with Crippen LogP contribution in [0.3, 0.4) is 0 Å². The topological polar surface area (TPSA) is 111 Å². The van der Waals surface area contributed by atoms with Crippen molar-refractivity contribution in [3.8, 4) is 24.0 Å². The van der Waals surface area contributed by atoms with Crippen LogP contribution in [0.4, 0.5) is 13.2 Å². The van der Waals surface area contributed by atoms with Gasteiger partial charge >= 0.3 is 6.18 Å². The minimum absolute atomic E-state index is 0.0596. The number of hydrogen-bond donors (Lipinski definition) is 3. The number of nitrogens with one attached hydrogen (secondary N) is 2. The maximum atomic E-state index is 13.5. The number of aryl methyl sites for hydroxylation is 2. The summed E-state index contributed by atoms with van der Waals surface area (Å²) in [6.45, 7) is 10.7. The van der Waals surface area contributed by atoms with Crippen molar-refractivity contribution < 1.29 is 32.7 Å². The third-order valence-corrected chi connectivity index (χ3v) is 9.03. The quantitative estimate of drug-likeness (QED) is 0.0250. The van der Waals surface area contributed by atoms with Crippen molar-refractivity contribution >= 4 is 47.2 Å². The molecule has 0 spiro atoms. The molecule has 4 aromatic rings. The van der Waals surface area contributed by atoms with E-state index in [0.717, 1.165) is 23.3 Å². The summed E-state index contributed by atoms with van der Waals surface area (Å²) in [5, 5.41) is 10.8. The second kappa shape index (κ2) is 26.7. The lowest BCUT2D eigenvalue weighted by Gasteiger charge is -2.23. The molecular formula is C42H49F3N4O4S2. The Bertz CT molecular complexity index is 1750. The van der Waals surface area contributed by atoms with E-state index in [4.69, 9.17) is 9.90 Å². The number of nitrogens with zero attached hydrogens (tertiary/aromatic N) is 2. The molecule has 0 fully saturated rings. The molecule has 0 atom stereocenters. The van der Waals surface area contributed by atoms with Gasteiger partial charge in [0.2, 0.25) is 5.91 Å². The van der Waals surface area contributed by atoms with Crippen molar-refractivity contribution in [3.05, 3.63) is 131 Å². The molecule has 0 bridgehead atoms. The van der Waals surface area contributed by atoms with E-state index >= 15 is 0 Å². The molecule has 0 aliphatic rings. The number of benzene rings is 4. The first-order chi connectivity index (χ1) is 26.2. The number of carbonyl (C=O) groups excluding carboxylic acids is 2. The predicted octanol–water partition coefficient (Wildman–Crippen LogP) is 9.14. The summed E-state index contributed by atoms with van der Waals surface area (Å²) in [6, 6.07) is 30.5. The average molecular weight is 795 g/mol. The minimum Gasteiger partial charge on any atom is -0.483 e. The molecule has 0 radical (unpaired) electrons. The van der Waals surface area contributed by atoms with Gasteiger partial charge in [0.05, 0.1) is 10.6 Å². The van der Waals surface area contributed by atoms with Crippen LogP contribution in [0.2, 0.25) is 0 Å². The fourth-order valence-corrected chi connectivity index (χ4v) is 6.33. The van der Waals surface area contributed by atoms with Crippen molar-refractivity contribution in [2.45, 2.75) is 53.3 Å². The summed E-state index contributed by atoms with van der Waals surface area (Å²) in [7, 11) is 0. The third-order valence-electron chi connectivity index (χ3n) is 7.19. The van der Waals surface area contributed by atoms with E-state index in [1.165, 1.54) is 53.9 Å². The number of amides is 2. The Hall–Kier alpha value is -5.03. The van der Waals surface area contributed by atoms with Crippen LogP contribution in [-0.4, -0.2) is 64.2 Å². The summed E-state index contributed by atoms with van der Waals surface area (Å²) in [5.74, 6) is -0.288. The summed E-state index contributed by atoms with van der Waals surface area (Å²) < 4.78 is 42.1.